The Morgan fingerprint density at radius 1 is 1.23 bits per heavy atom. The smallest absolute Gasteiger partial charge is 0.238 e. The van der Waals surface area contributed by atoms with Crippen LogP contribution in [0.25, 0.3) is 0 Å². The van der Waals surface area contributed by atoms with E-state index in [9.17, 15) is 4.79 Å². The number of nitrogens with one attached hydrogen (secondary N) is 1. The Balaban J connectivity index is 1.67. The molecule has 1 atom stereocenters. The average Bonchev–Trinajstić information content (AvgIpc) is 3.09. The third-order valence-corrected chi connectivity index (χ3v) is 5.14. The van der Waals surface area contributed by atoms with Crippen LogP contribution in [0, 0.1) is 0 Å². The van der Waals surface area contributed by atoms with E-state index in [1.165, 1.54) is 5.56 Å². The van der Waals surface area contributed by atoms with Crippen molar-refractivity contribution in [3.05, 3.63) is 52.5 Å². The Labute approximate surface area is 162 Å². The highest BCUT2D eigenvalue weighted by molar-refractivity contribution is 9.10. The van der Waals surface area contributed by atoms with Crippen LogP contribution in [0.3, 0.4) is 0 Å². The van der Waals surface area contributed by atoms with Crippen molar-refractivity contribution in [2.75, 3.05) is 25.2 Å². The van der Waals surface area contributed by atoms with Gasteiger partial charge in [-0.3, -0.25) is 9.69 Å². The van der Waals surface area contributed by atoms with Gasteiger partial charge in [0.05, 0.1) is 6.54 Å². The van der Waals surface area contributed by atoms with Crippen LogP contribution < -0.4 is 14.8 Å². The van der Waals surface area contributed by atoms with E-state index in [4.69, 9.17) is 9.47 Å². The summed E-state index contributed by atoms with van der Waals surface area (Å²) in [5.74, 6) is 1.32. The van der Waals surface area contributed by atoms with Gasteiger partial charge in [0.25, 0.3) is 0 Å². The standard InChI is InChI=1S/C20H23BrN2O3/c1-3-10-23(14(2)16-6-4-5-7-17(16)21)12-20(24)22-15-8-9-18-19(11-15)26-13-25-18/h4-9,11,14H,3,10,12-13H2,1-2H3,(H,22,24)/t14-/m1/s1. The number of hydrogen-bond donors (Lipinski definition) is 1. The zero-order chi connectivity index (χ0) is 18.5. The van der Waals surface area contributed by atoms with Crippen molar-refractivity contribution in [3.63, 3.8) is 0 Å². The van der Waals surface area contributed by atoms with E-state index in [-0.39, 0.29) is 18.7 Å². The van der Waals surface area contributed by atoms with Gasteiger partial charge in [-0.1, -0.05) is 41.1 Å². The fourth-order valence-electron chi connectivity index (χ4n) is 3.07. The van der Waals surface area contributed by atoms with Crippen LogP contribution in [0.5, 0.6) is 11.5 Å². The summed E-state index contributed by atoms with van der Waals surface area (Å²) in [6.45, 7) is 5.64. The molecule has 1 heterocycles. The summed E-state index contributed by atoms with van der Waals surface area (Å²) in [5.41, 5.74) is 1.89. The predicted octanol–water partition coefficient (Wildman–Crippen LogP) is 4.59. The molecular formula is C20H23BrN2O3. The Morgan fingerprint density at radius 3 is 2.77 bits per heavy atom. The second-order valence-electron chi connectivity index (χ2n) is 6.28. The van der Waals surface area contributed by atoms with Crippen molar-refractivity contribution >= 4 is 27.5 Å². The first-order valence-corrected chi connectivity index (χ1v) is 9.55. The van der Waals surface area contributed by atoms with E-state index >= 15 is 0 Å². The van der Waals surface area contributed by atoms with Gasteiger partial charge in [0, 0.05) is 22.3 Å². The second kappa shape index (κ2) is 8.56. The molecule has 0 radical (unpaired) electrons. The van der Waals surface area contributed by atoms with Crippen molar-refractivity contribution in [2.24, 2.45) is 0 Å². The van der Waals surface area contributed by atoms with E-state index in [2.05, 4.69) is 46.1 Å². The molecule has 3 rings (SSSR count). The van der Waals surface area contributed by atoms with E-state index in [1.807, 2.05) is 30.3 Å². The van der Waals surface area contributed by atoms with E-state index in [0.29, 0.717) is 23.7 Å². The zero-order valence-electron chi connectivity index (χ0n) is 15.0. The summed E-state index contributed by atoms with van der Waals surface area (Å²) in [4.78, 5) is 14.8. The van der Waals surface area contributed by atoms with Gasteiger partial charge in [-0.2, -0.15) is 0 Å². The number of anilines is 1. The first-order valence-electron chi connectivity index (χ1n) is 8.76. The molecule has 26 heavy (non-hydrogen) atoms. The summed E-state index contributed by atoms with van der Waals surface area (Å²) in [7, 11) is 0. The van der Waals surface area contributed by atoms with Crippen LogP contribution >= 0.6 is 15.9 Å². The molecule has 0 spiro atoms. The number of hydrogen-bond acceptors (Lipinski definition) is 4. The molecule has 1 amide bonds. The Morgan fingerprint density at radius 2 is 2.00 bits per heavy atom. The van der Waals surface area contributed by atoms with Gasteiger partial charge in [-0.25, -0.2) is 0 Å². The first kappa shape index (κ1) is 18.7. The lowest BCUT2D eigenvalue weighted by atomic mass is 10.1. The topological polar surface area (TPSA) is 50.8 Å². The lowest BCUT2D eigenvalue weighted by molar-refractivity contribution is -0.117. The Kier molecular flexibility index (Phi) is 6.16. The number of carbonyl (C=O) groups excluding carboxylic acids is 1. The third kappa shape index (κ3) is 4.37. The van der Waals surface area contributed by atoms with Crippen LogP contribution in [-0.2, 0) is 4.79 Å². The molecule has 138 valence electrons. The number of ether oxygens (including phenoxy) is 2. The molecule has 0 aromatic heterocycles. The number of benzene rings is 2. The van der Waals surface area contributed by atoms with Gasteiger partial charge in [-0.15, -0.1) is 0 Å². The molecule has 0 fully saturated rings. The molecule has 1 N–H and O–H groups in total. The second-order valence-corrected chi connectivity index (χ2v) is 7.14. The van der Waals surface area contributed by atoms with Crippen LogP contribution in [-0.4, -0.2) is 30.7 Å². The lowest BCUT2D eigenvalue weighted by Gasteiger charge is -2.29. The maximum absolute atomic E-state index is 12.6. The zero-order valence-corrected chi connectivity index (χ0v) is 16.6. The highest BCUT2D eigenvalue weighted by atomic mass is 79.9. The quantitative estimate of drug-likeness (QED) is 0.714. The SMILES string of the molecule is CCCN(CC(=O)Nc1ccc2c(c1)OCO2)[C@H](C)c1ccccc1Br. The normalized spacial score (nSPS) is 13.7. The minimum Gasteiger partial charge on any atom is -0.454 e. The molecule has 5 nitrogen and oxygen atoms in total. The minimum absolute atomic E-state index is 0.0452. The largest absolute Gasteiger partial charge is 0.454 e. The maximum atomic E-state index is 12.6. The van der Waals surface area contributed by atoms with Crippen LogP contribution in [0.1, 0.15) is 31.9 Å². The minimum atomic E-state index is -0.0452. The summed E-state index contributed by atoms with van der Waals surface area (Å²) < 4.78 is 11.7. The number of nitrogens with zero attached hydrogens (tertiary/aromatic N) is 1. The first-order chi connectivity index (χ1) is 12.6. The number of amides is 1. The van der Waals surface area contributed by atoms with Gasteiger partial charge >= 0.3 is 0 Å². The predicted molar refractivity (Wildman–Crippen MR) is 106 cm³/mol. The van der Waals surface area contributed by atoms with Gasteiger partial charge in [-0.05, 0) is 43.7 Å². The van der Waals surface area contributed by atoms with E-state index in [1.54, 1.807) is 6.07 Å². The molecule has 2 aromatic rings. The van der Waals surface area contributed by atoms with Gasteiger partial charge in [0.1, 0.15) is 0 Å². The van der Waals surface area contributed by atoms with E-state index < -0.39 is 0 Å². The molecule has 0 unspecified atom stereocenters. The Hall–Kier alpha value is -2.05. The molecular weight excluding hydrogens is 396 g/mol. The van der Waals surface area contributed by atoms with Crippen molar-refractivity contribution in [1.82, 2.24) is 4.90 Å². The molecule has 0 saturated carbocycles. The van der Waals surface area contributed by atoms with Crippen molar-refractivity contribution in [1.29, 1.82) is 0 Å². The highest BCUT2D eigenvalue weighted by Crippen LogP contribution is 2.34. The van der Waals surface area contributed by atoms with Crippen molar-refractivity contribution in [2.45, 2.75) is 26.3 Å². The molecule has 2 aromatic carbocycles. The molecule has 6 heteroatoms. The average molecular weight is 419 g/mol. The monoisotopic (exact) mass is 418 g/mol. The van der Waals surface area contributed by atoms with Gasteiger partial charge in [0.2, 0.25) is 12.7 Å². The molecule has 0 aliphatic carbocycles. The van der Waals surface area contributed by atoms with Crippen LogP contribution in [0.15, 0.2) is 46.9 Å². The van der Waals surface area contributed by atoms with Crippen LogP contribution in [0.2, 0.25) is 0 Å². The van der Waals surface area contributed by atoms with Crippen molar-refractivity contribution < 1.29 is 14.3 Å². The molecule has 1 aliphatic heterocycles. The number of rotatable bonds is 7. The Bertz CT molecular complexity index is 781. The molecule has 0 saturated heterocycles. The van der Waals surface area contributed by atoms with Gasteiger partial charge in [0.15, 0.2) is 11.5 Å². The number of fused-ring (bicyclic) bond motifs is 1. The van der Waals surface area contributed by atoms with Crippen LogP contribution in [0.4, 0.5) is 5.69 Å². The summed E-state index contributed by atoms with van der Waals surface area (Å²) in [5, 5.41) is 2.95. The summed E-state index contributed by atoms with van der Waals surface area (Å²) in [6.07, 6.45) is 0.978. The summed E-state index contributed by atoms with van der Waals surface area (Å²) in [6, 6.07) is 13.7. The summed E-state index contributed by atoms with van der Waals surface area (Å²) >= 11 is 3.61. The number of carbonyl (C=O) groups is 1. The molecule has 1 aliphatic rings. The third-order valence-electron chi connectivity index (χ3n) is 4.42. The fraction of sp³-hybridized carbons (Fsp3) is 0.350. The maximum Gasteiger partial charge on any atom is 0.238 e. The highest BCUT2D eigenvalue weighted by Gasteiger charge is 2.20. The molecule has 0 bridgehead atoms. The lowest BCUT2D eigenvalue weighted by Crippen LogP contribution is -2.36. The fourth-order valence-corrected chi connectivity index (χ4v) is 3.68. The number of halogens is 1. The van der Waals surface area contributed by atoms with E-state index in [0.717, 1.165) is 17.4 Å². The van der Waals surface area contributed by atoms with Gasteiger partial charge < -0.3 is 14.8 Å². The van der Waals surface area contributed by atoms with Crippen molar-refractivity contribution in [3.8, 4) is 11.5 Å².